The highest BCUT2D eigenvalue weighted by atomic mass is 127. The van der Waals surface area contributed by atoms with Crippen molar-refractivity contribution < 1.29 is 13.9 Å². The Morgan fingerprint density at radius 3 is 2.70 bits per heavy atom. The van der Waals surface area contributed by atoms with E-state index in [1.165, 1.54) is 6.07 Å². The number of piperidine rings is 1. The minimum atomic E-state index is -0.268. The fraction of sp³-hybridized carbons (Fsp3) is 0.556. The molecule has 9 heteroatoms. The Kier molecular flexibility index (Phi) is 11.0. The van der Waals surface area contributed by atoms with E-state index in [2.05, 4.69) is 31.6 Å². The first kappa shape index (κ1) is 23.9. The van der Waals surface area contributed by atoms with E-state index < -0.39 is 0 Å². The Bertz CT molecular complexity index is 640. The maximum atomic E-state index is 13.9. The molecule has 0 aromatic heterocycles. The number of guanidine groups is 1. The molecular formula is C18H27BrFIN4O2. The van der Waals surface area contributed by atoms with E-state index >= 15 is 0 Å². The largest absolute Gasteiger partial charge is 0.450 e. The van der Waals surface area contributed by atoms with Crippen molar-refractivity contribution in [1.82, 2.24) is 15.5 Å². The van der Waals surface area contributed by atoms with Crippen LogP contribution in [0.1, 0.15) is 32.3 Å². The Morgan fingerprint density at radius 2 is 2.07 bits per heavy atom. The predicted molar refractivity (Wildman–Crippen MR) is 119 cm³/mol. The Balaban J connectivity index is 0.00000364. The van der Waals surface area contributed by atoms with Crippen molar-refractivity contribution in [3.63, 3.8) is 0 Å². The first-order valence-corrected chi connectivity index (χ1v) is 9.73. The molecule has 1 aliphatic heterocycles. The number of hydrogen-bond donors (Lipinski definition) is 2. The van der Waals surface area contributed by atoms with Gasteiger partial charge in [-0.25, -0.2) is 14.2 Å². The number of halogens is 3. The van der Waals surface area contributed by atoms with Crippen LogP contribution in [0.25, 0.3) is 0 Å². The van der Waals surface area contributed by atoms with Crippen LogP contribution in [-0.4, -0.2) is 49.2 Å². The van der Waals surface area contributed by atoms with Gasteiger partial charge in [0.1, 0.15) is 5.82 Å². The molecule has 0 bridgehead atoms. The molecule has 0 spiro atoms. The van der Waals surface area contributed by atoms with Crippen molar-refractivity contribution in [2.75, 3.05) is 26.2 Å². The van der Waals surface area contributed by atoms with Gasteiger partial charge in [0.2, 0.25) is 0 Å². The summed E-state index contributed by atoms with van der Waals surface area (Å²) in [6.07, 6.45) is 1.37. The van der Waals surface area contributed by atoms with E-state index in [0.29, 0.717) is 37.8 Å². The Morgan fingerprint density at radius 1 is 1.37 bits per heavy atom. The number of hydrogen-bond acceptors (Lipinski definition) is 3. The van der Waals surface area contributed by atoms with Crippen LogP contribution in [0.15, 0.2) is 27.7 Å². The highest BCUT2D eigenvalue weighted by Crippen LogP contribution is 2.16. The molecule has 0 aliphatic carbocycles. The van der Waals surface area contributed by atoms with Crippen molar-refractivity contribution in [2.24, 2.45) is 4.99 Å². The third-order valence-corrected chi connectivity index (χ3v) is 4.61. The van der Waals surface area contributed by atoms with Crippen LogP contribution >= 0.6 is 39.9 Å². The average molecular weight is 557 g/mol. The third-order valence-electron chi connectivity index (χ3n) is 4.12. The molecule has 27 heavy (non-hydrogen) atoms. The molecule has 1 heterocycles. The number of amides is 1. The molecule has 1 amide bonds. The summed E-state index contributed by atoms with van der Waals surface area (Å²) in [5.74, 6) is 0.386. The lowest BCUT2D eigenvalue weighted by atomic mass is 10.1. The molecule has 0 unspecified atom stereocenters. The SMILES string of the molecule is CCNC(=NCc1cc(Br)ccc1F)NC1CCN(C(=O)OCC)CC1.I. The van der Waals surface area contributed by atoms with Crippen molar-refractivity contribution >= 4 is 52.0 Å². The average Bonchev–Trinajstić information content (AvgIpc) is 2.63. The van der Waals surface area contributed by atoms with Gasteiger partial charge < -0.3 is 20.3 Å². The molecule has 1 aliphatic rings. The maximum Gasteiger partial charge on any atom is 0.409 e. The number of carbonyl (C=O) groups is 1. The predicted octanol–water partition coefficient (Wildman–Crippen LogP) is 3.88. The van der Waals surface area contributed by atoms with Gasteiger partial charge in [0, 0.05) is 35.7 Å². The number of nitrogens with one attached hydrogen (secondary N) is 2. The standard InChI is InChI=1S/C18H26BrFN4O2.HI/c1-3-21-17(22-12-13-11-14(19)5-6-16(13)20)23-15-7-9-24(10-8-15)18(25)26-4-2;/h5-6,11,15H,3-4,7-10,12H2,1-2H3,(H2,21,22,23);1H. The molecule has 1 aromatic carbocycles. The molecule has 1 fully saturated rings. The molecular weight excluding hydrogens is 530 g/mol. The summed E-state index contributed by atoms with van der Waals surface area (Å²) in [4.78, 5) is 18.0. The summed E-state index contributed by atoms with van der Waals surface area (Å²) in [5, 5.41) is 6.57. The zero-order valence-corrected chi connectivity index (χ0v) is 19.6. The van der Waals surface area contributed by atoms with E-state index in [0.717, 1.165) is 17.3 Å². The minimum absolute atomic E-state index is 0. The van der Waals surface area contributed by atoms with Crippen LogP contribution in [0.2, 0.25) is 0 Å². The number of carbonyl (C=O) groups excluding carboxylic acids is 1. The zero-order chi connectivity index (χ0) is 18.9. The second-order valence-electron chi connectivity index (χ2n) is 6.04. The van der Waals surface area contributed by atoms with Crippen molar-refractivity contribution in [3.8, 4) is 0 Å². The van der Waals surface area contributed by atoms with Gasteiger partial charge in [-0.2, -0.15) is 0 Å². The van der Waals surface area contributed by atoms with Crippen LogP contribution in [0, 0.1) is 5.82 Å². The molecule has 0 saturated carbocycles. The summed E-state index contributed by atoms with van der Waals surface area (Å²) in [5.41, 5.74) is 0.536. The van der Waals surface area contributed by atoms with Gasteiger partial charge in [0.15, 0.2) is 5.96 Å². The summed E-state index contributed by atoms with van der Waals surface area (Å²) in [6, 6.07) is 5.05. The lowest BCUT2D eigenvalue weighted by molar-refractivity contribution is 0.0963. The molecule has 0 radical (unpaired) electrons. The van der Waals surface area contributed by atoms with Crippen molar-refractivity contribution in [2.45, 2.75) is 39.3 Å². The first-order valence-electron chi connectivity index (χ1n) is 8.94. The van der Waals surface area contributed by atoms with E-state index in [-0.39, 0.29) is 48.5 Å². The normalized spacial score (nSPS) is 15.1. The molecule has 0 atom stereocenters. The Labute approximate surface area is 185 Å². The van der Waals surface area contributed by atoms with Gasteiger partial charge in [-0.3, -0.25) is 0 Å². The molecule has 2 rings (SSSR count). The second kappa shape index (κ2) is 12.4. The van der Waals surface area contributed by atoms with Crippen LogP contribution in [0.4, 0.5) is 9.18 Å². The van der Waals surface area contributed by atoms with E-state index in [1.54, 1.807) is 24.0 Å². The van der Waals surface area contributed by atoms with Crippen LogP contribution in [0.5, 0.6) is 0 Å². The van der Waals surface area contributed by atoms with Crippen molar-refractivity contribution in [1.29, 1.82) is 0 Å². The fourth-order valence-electron chi connectivity index (χ4n) is 2.76. The summed E-state index contributed by atoms with van der Waals surface area (Å²) in [7, 11) is 0. The van der Waals surface area contributed by atoms with Crippen LogP contribution in [0.3, 0.4) is 0 Å². The third kappa shape index (κ3) is 7.81. The minimum Gasteiger partial charge on any atom is -0.450 e. The van der Waals surface area contributed by atoms with Gasteiger partial charge >= 0.3 is 6.09 Å². The summed E-state index contributed by atoms with van der Waals surface area (Å²) < 4.78 is 19.7. The quantitative estimate of drug-likeness (QED) is 0.328. The van der Waals surface area contributed by atoms with E-state index in [9.17, 15) is 9.18 Å². The van der Waals surface area contributed by atoms with Crippen LogP contribution in [-0.2, 0) is 11.3 Å². The van der Waals surface area contributed by atoms with Crippen molar-refractivity contribution in [3.05, 3.63) is 34.1 Å². The second-order valence-corrected chi connectivity index (χ2v) is 6.95. The lowest BCUT2D eigenvalue weighted by Crippen LogP contribution is -2.49. The number of benzene rings is 1. The first-order chi connectivity index (χ1) is 12.5. The number of ether oxygens (including phenoxy) is 1. The van der Waals surface area contributed by atoms with Gasteiger partial charge in [0.25, 0.3) is 0 Å². The van der Waals surface area contributed by atoms with E-state index in [4.69, 9.17) is 4.74 Å². The van der Waals surface area contributed by atoms with E-state index in [1.807, 2.05) is 6.92 Å². The van der Waals surface area contributed by atoms with Gasteiger partial charge in [-0.1, -0.05) is 15.9 Å². The molecule has 1 aromatic rings. The lowest BCUT2D eigenvalue weighted by Gasteiger charge is -2.32. The van der Waals surface area contributed by atoms with Gasteiger partial charge in [-0.15, -0.1) is 24.0 Å². The Hall–Kier alpha value is -1.10. The number of likely N-dealkylation sites (tertiary alicyclic amines) is 1. The fourth-order valence-corrected chi connectivity index (χ4v) is 3.17. The maximum absolute atomic E-state index is 13.9. The van der Waals surface area contributed by atoms with Gasteiger partial charge in [0.05, 0.1) is 13.2 Å². The molecule has 6 nitrogen and oxygen atoms in total. The van der Waals surface area contributed by atoms with Crippen LogP contribution < -0.4 is 10.6 Å². The highest BCUT2D eigenvalue weighted by Gasteiger charge is 2.24. The molecule has 152 valence electrons. The highest BCUT2D eigenvalue weighted by molar-refractivity contribution is 14.0. The summed E-state index contributed by atoms with van der Waals surface area (Å²) >= 11 is 3.35. The number of aliphatic imine (C=N–C) groups is 1. The molecule has 2 N–H and O–H groups in total. The number of rotatable bonds is 5. The monoisotopic (exact) mass is 556 g/mol. The smallest absolute Gasteiger partial charge is 0.409 e. The number of nitrogens with zero attached hydrogens (tertiary/aromatic N) is 2. The van der Waals surface area contributed by atoms with Gasteiger partial charge in [-0.05, 0) is 44.9 Å². The topological polar surface area (TPSA) is 66.0 Å². The zero-order valence-electron chi connectivity index (χ0n) is 15.6. The summed E-state index contributed by atoms with van der Waals surface area (Å²) in [6.45, 7) is 6.45. The molecule has 1 saturated heterocycles.